The molecule has 1 atom stereocenters. The number of rotatable bonds is 3. The fourth-order valence-electron chi connectivity index (χ4n) is 1.09. The third-order valence-electron chi connectivity index (χ3n) is 1.98. The summed E-state index contributed by atoms with van der Waals surface area (Å²) >= 11 is 11.4. The molecule has 3 N–H and O–H groups in total. The maximum absolute atomic E-state index is 13.1. The van der Waals surface area contributed by atoms with E-state index >= 15 is 0 Å². The smallest absolute Gasteiger partial charge is 0.289 e. The molecule has 0 fully saturated rings. The Bertz CT molecular complexity index is 360. The molecule has 0 aliphatic carbocycles. The van der Waals surface area contributed by atoms with Crippen molar-refractivity contribution in [1.82, 2.24) is 0 Å². The van der Waals surface area contributed by atoms with Crippen molar-refractivity contribution in [2.24, 2.45) is 5.73 Å². The fourth-order valence-corrected chi connectivity index (χ4v) is 1.51. The van der Waals surface area contributed by atoms with Crippen LogP contribution in [0.2, 0.25) is 10.0 Å². The molecule has 0 amide bonds. The third-order valence-corrected chi connectivity index (χ3v) is 2.82. The summed E-state index contributed by atoms with van der Waals surface area (Å²) in [7, 11) is 0. The topological polar surface area (TPSA) is 46.2 Å². The van der Waals surface area contributed by atoms with Crippen molar-refractivity contribution >= 4 is 23.2 Å². The van der Waals surface area contributed by atoms with Crippen LogP contribution in [0.15, 0.2) is 18.2 Å². The van der Waals surface area contributed by atoms with Crippen molar-refractivity contribution in [2.75, 3.05) is 6.61 Å². The van der Waals surface area contributed by atoms with Crippen LogP contribution >= 0.6 is 23.2 Å². The number of halogens is 4. The maximum atomic E-state index is 13.1. The van der Waals surface area contributed by atoms with Gasteiger partial charge in [-0.3, -0.25) is 0 Å². The molecule has 1 rings (SSSR count). The zero-order chi connectivity index (χ0) is 11.6. The van der Waals surface area contributed by atoms with Crippen molar-refractivity contribution in [2.45, 2.75) is 12.0 Å². The van der Waals surface area contributed by atoms with Crippen molar-refractivity contribution in [3.05, 3.63) is 33.8 Å². The molecule has 1 aromatic rings. The minimum atomic E-state index is -3.42. The predicted octanol–water partition coefficient (Wildman–Crippen LogP) is 2.62. The zero-order valence-electron chi connectivity index (χ0n) is 7.55. The number of nitrogens with two attached hydrogens (primary N) is 1. The second-order valence-electron chi connectivity index (χ2n) is 3.04. The van der Waals surface area contributed by atoms with E-state index in [9.17, 15) is 8.78 Å². The molecule has 0 aliphatic rings. The summed E-state index contributed by atoms with van der Waals surface area (Å²) in [5.41, 5.74) is 5.32. The SMILES string of the molecule is N[C@@H](c1cccc(Cl)c1Cl)C(F)(F)CO. The Balaban J connectivity index is 3.12. The first-order valence-electron chi connectivity index (χ1n) is 4.08. The highest BCUT2D eigenvalue weighted by Gasteiger charge is 2.38. The third kappa shape index (κ3) is 2.58. The molecule has 0 aliphatic heterocycles. The highest BCUT2D eigenvalue weighted by Crippen LogP contribution is 2.35. The Kier molecular flexibility index (Phi) is 3.89. The van der Waals surface area contributed by atoms with Gasteiger partial charge in [-0.1, -0.05) is 35.3 Å². The summed E-state index contributed by atoms with van der Waals surface area (Å²) in [6.45, 7) is -1.34. The lowest BCUT2D eigenvalue weighted by Gasteiger charge is -2.22. The first-order chi connectivity index (χ1) is 6.90. The van der Waals surface area contributed by atoms with Crippen molar-refractivity contribution in [1.29, 1.82) is 0 Å². The quantitative estimate of drug-likeness (QED) is 0.873. The normalized spacial score (nSPS) is 14.0. The predicted molar refractivity (Wildman–Crippen MR) is 55.4 cm³/mol. The monoisotopic (exact) mass is 255 g/mol. The van der Waals surface area contributed by atoms with Crippen molar-refractivity contribution in [3.8, 4) is 0 Å². The molecule has 0 spiro atoms. The van der Waals surface area contributed by atoms with Crippen LogP contribution in [0.1, 0.15) is 11.6 Å². The van der Waals surface area contributed by atoms with E-state index in [1.165, 1.54) is 18.2 Å². The standard InChI is InChI=1S/C9H9Cl2F2NO/c10-6-3-1-2-5(7(6)11)8(14)9(12,13)4-15/h1-3,8,15H,4,14H2/t8-/m0/s1. The van der Waals surface area contributed by atoms with Crippen LogP contribution in [0.3, 0.4) is 0 Å². The minimum Gasteiger partial charge on any atom is -0.390 e. The molecular formula is C9H9Cl2F2NO. The molecule has 0 saturated heterocycles. The van der Waals surface area contributed by atoms with E-state index in [-0.39, 0.29) is 15.6 Å². The van der Waals surface area contributed by atoms with E-state index in [0.717, 1.165) is 0 Å². The van der Waals surface area contributed by atoms with Gasteiger partial charge in [-0.25, -0.2) is 8.78 Å². The lowest BCUT2D eigenvalue weighted by Crippen LogP contribution is -2.36. The molecule has 0 radical (unpaired) electrons. The summed E-state index contributed by atoms with van der Waals surface area (Å²) in [6.07, 6.45) is 0. The molecule has 0 heterocycles. The number of aliphatic hydroxyl groups is 1. The summed E-state index contributed by atoms with van der Waals surface area (Å²) in [5, 5.41) is 8.62. The average Bonchev–Trinajstić information content (AvgIpc) is 2.21. The molecule has 84 valence electrons. The van der Waals surface area contributed by atoms with E-state index in [1.807, 2.05) is 0 Å². The molecule has 0 unspecified atom stereocenters. The number of benzene rings is 1. The van der Waals surface area contributed by atoms with Crippen LogP contribution < -0.4 is 5.73 Å². The summed E-state index contributed by atoms with van der Waals surface area (Å²) in [5.74, 6) is -3.42. The lowest BCUT2D eigenvalue weighted by atomic mass is 10.0. The Morgan fingerprint density at radius 3 is 2.53 bits per heavy atom. The number of alkyl halides is 2. The molecule has 0 saturated carbocycles. The van der Waals surface area contributed by atoms with Gasteiger partial charge in [0.2, 0.25) is 0 Å². The molecule has 6 heteroatoms. The van der Waals surface area contributed by atoms with Gasteiger partial charge < -0.3 is 10.8 Å². The van der Waals surface area contributed by atoms with Gasteiger partial charge in [-0.15, -0.1) is 0 Å². The maximum Gasteiger partial charge on any atom is 0.289 e. The van der Waals surface area contributed by atoms with E-state index in [4.69, 9.17) is 34.0 Å². The Morgan fingerprint density at radius 1 is 1.40 bits per heavy atom. The number of hydrogen-bond acceptors (Lipinski definition) is 2. The second-order valence-corrected chi connectivity index (χ2v) is 3.83. The molecule has 0 aromatic heterocycles. The lowest BCUT2D eigenvalue weighted by molar-refractivity contribution is -0.0711. The van der Waals surface area contributed by atoms with Crippen LogP contribution in [-0.2, 0) is 0 Å². The van der Waals surface area contributed by atoms with E-state index < -0.39 is 18.6 Å². The first kappa shape index (κ1) is 12.6. The van der Waals surface area contributed by atoms with Gasteiger partial charge in [-0.2, -0.15) is 0 Å². The van der Waals surface area contributed by atoms with Crippen molar-refractivity contribution in [3.63, 3.8) is 0 Å². The zero-order valence-corrected chi connectivity index (χ0v) is 9.06. The van der Waals surface area contributed by atoms with Crippen molar-refractivity contribution < 1.29 is 13.9 Å². The Morgan fingerprint density at radius 2 is 2.00 bits per heavy atom. The molecular weight excluding hydrogens is 247 g/mol. The van der Waals surface area contributed by atoms with Gasteiger partial charge in [0.1, 0.15) is 6.61 Å². The largest absolute Gasteiger partial charge is 0.390 e. The van der Waals surface area contributed by atoms with Gasteiger partial charge in [0.15, 0.2) is 0 Å². The summed E-state index contributed by atoms with van der Waals surface area (Å²) in [6, 6.07) is 2.62. The van der Waals surface area contributed by atoms with Crippen LogP contribution in [0, 0.1) is 0 Å². The molecule has 1 aromatic carbocycles. The van der Waals surface area contributed by atoms with Crippen LogP contribution in [0.4, 0.5) is 8.78 Å². The van der Waals surface area contributed by atoms with Gasteiger partial charge >= 0.3 is 0 Å². The van der Waals surface area contributed by atoms with E-state index in [0.29, 0.717) is 0 Å². The first-order valence-corrected chi connectivity index (χ1v) is 4.84. The molecule has 0 bridgehead atoms. The van der Waals surface area contributed by atoms with Gasteiger partial charge in [0, 0.05) is 0 Å². The van der Waals surface area contributed by atoms with Gasteiger partial charge in [0.05, 0.1) is 16.1 Å². The Hall–Kier alpha value is -0.420. The highest BCUT2D eigenvalue weighted by atomic mass is 35.5. The van der Waals surface area contributed by atoms with E-state index in [2.05, 4.69) is 0 Å². The average molecular weight is 256 g/mol. The number of hydrogen-bond donors (Lipinski definition) is 2. The summed E-state index contributed by atoms with van der Waals surface area (Å²) in [4.78, 5) is 0. The number of aliphatic hydroxyl groups excluding tert-OH is 1. The second kappa shape index (κ2) is 4.61. The Labute approximate surface area is 95.6 Å². The van der Waals surface area contributed by atoms with Gasteiger partial charge in [0.25, 0.3) is 5.92 Å². The molecule has 2 nitrogen and oxygen atoms in total. The summed E-state index contributed by atoms with van der Waals surface area (Å²) < 4.78 is 26.1. The van der Waals surface area contributed by atoms with Gasteiger partial charge in [-0.05, 0) is 11.6 Å². The molecule has 15 heavy (non-hydrogen) atoms. The highest BCUT2D eigenvalue weighted by molar-refractivity contribution is 6.42. The van der Waals surface area contributed by atoms with E-state index in [1.54, 1.807) is 0 Å². The van der Waals surface area contributed by atoms with Crippen LogP contribution in [-0.4, -0.2) is 17.6 Å². The van der Waals surface area contributed by atoms with Crippen LogP contribution in [0.5, 0.6) is 0 Å². The minimum absolute atomic E-state index is 0.0141. The van der Waals surface area contributed by atoms with Crippen LogP contribution in [0.25, 0.3) is 0 Å². The fraction of sp³-hybridized carbons (Fsp3) is 0.333.